The molecule has 1 aromatic carbocycles. The molecule has 0 aliphatic rings. The number of hydrogen-bond acceptors (Lipinski definition) is 3. The lowest BCUT2D eigenvalue weighted by Gasteiger charge is -2.08. The minimum absolute atomic E-state index is 0.801. The van der Waals surface area contributed by atoms with Gasteiger partial charge in [-0.2, -0.15) is 0 Å². The van der Waals surface area contributed by atoms with Gasteiger partial charge in [0.15, 0.2) is 0 Å². The van der Waals surface area contributed by atoms with E-state index in [1.54, 1.807) is 14.2 Å². The molecule has 0 amide bonds. The number of methoxy groups -OCH3 is 2. The zero-order valence-corrected chi connectivity index (χ0v) is 10.3. The lowest BCUT2D eigenvalue weighted by atomic mass is 10.3. The van der Waals surface area contributed by atoms with Gasteiger partial charge in [0.2, 0.25) is 0 Å². The zero-order chi connectivity index (χ0) is 11.7. The van der Waals surface area contributed by atoms with Crippen LogP contribution in [0.15, 0.2) is 18.2 Å². The third-order valence-corrected chi connectivity index (χ3v) is 1.73. The first kappa shape index (κ1) is 13.6. The van der Waals surface area contributed by atoms with Gasteiger partial charge < -0.3 is 14.8 Å². The molecule has 3 heteroatoms. The largest absolute Gasteiger partial charge is 0.497 e. The van der Waals surface area contributed by atoms with Crippen molar-refractivity contribution in [2.75, 3.05) is 26.1 Å². The highest BCUT2D eigenvalue weighted by Crippen LogP contribution is 2.25. The Labute approximate surface area is 92.4 Å². The molecule has 1 aromatic rings. The molecule has 1 N–H and O–H groups in total. The summed E-state index contributed by atoms with van der Waals surface area (Å²) >= 11 is 0. The molecule has 0 saturated carbocycles. The lowest BCUT2D eigenvalue weighted by Crippen LogP contribution is -1.97. The second kappa shape index (κ2) is 7.97. The summed E-state index contributed by atoms with van der Waals surface area (Å²) in [5.74, 6) is 1.60. The van der Waals surface area contributed by atoms with Gasteiger partial charge in [-0.25, -0.2) is 0 Å². The van der Waals surface area contributed by atoms with Crippen molar-refractivity contribution in [3.05, 3.63) is 18.2 Å². The molecule has 3 nitrogen and oxygen atoms in total. The van der Waals surface area contributed by atoms with E-state index in [9.17, 15) is 0 Å². The van der Waals surface area contributed by atoms with Gasteiger partial charge in [-0.15, -0.1) is 0 Å². The van der Waals surface area contributed by atoms with Crippen LogP contribution < -0.4 is 14.8 Å². The van der Waals surface area contributed by atoms with E-state index in [0.29, 0.717) is 0 Å². The van der Waals surface area contributed by atoms with Crippen LogP contribution in [-0.2, 0) is 0 Å². The Morgan fingerprint density at radius 1 is 1.00 bits per heavy atom. The molecule has 0 spiro atoms. The smallest absolute Gasteiger partial charge is 0.124 e. The monoisotopic (exact) mass is 211 g/mol. The van der Waals surface area contributed by atoms with Crippen LogP contribution in [0.1, 0.15) is 20.8 Å². The Hall–Kier alpha value is -1.38. The van der Waals surface area contributed by atoms with Gasteiger partial charge in [0, 0.05) is 30.4 Å². The Bertz CT molecular complexity index is 252. The topological polar surface area (TPSA) is 30.5 Å². The van der Waals surface area contributed by atoms with Gasteiger partial charge in [-0.05, 0) is 6.92 Å². The molecule has 0 aromatic heterocycles. The second-order valence-corrected chi connectivity index (χ2v) is 2.63. The number of rotatable bonds is 4. The number of nitrogens with one attached hydrogen (secondary N) is 1. The molecule has 0 aliphatic heterocycles. The SMILES string of the molecule is CC.CCNc1cc(OC)cc(OC)c1. The molecule has 0 unspecified atom stereocenters. The highest BCUT2D eigenvalue weighted by molar-refractivity contribution is 5.53. The quantitative estimate of drug-likeness (QED) is 0.829. The predicted octanol–water partition coefficient (Wildman–Crippen LogP) is 3.16. The third kappa shape index (κ3) is 4.58. The molecule has 0 aliphatic carbocycles. The molecule has 0 heterocycles. The minimum atomic E-state index is 0.801. The summed E-state index contributed by atoms with van der Waals surface area (Å²) in [5.41, 5.74) is 1.01. The molecule has 0 atom stereocenters. The van der Waals surface area contributed by atoms with E-state index < -0.39 is 0 Å². The minimum Gasteiger partial charge on any atom is -0.497 e. The van der Waals surface area contributed by atoms with E-state index in [1.165, 1.54) is 0 Å². The van der Waals surface area contributed by atoms with Crippen LogP contribution in [-0.4, -0.2) is 20.8 Å². The third-order valence-electron chi connectivity index (χ3n) is 1.73. The Kier molecular flexibility index (Phi) is 7.24. The predicted molar refractivity (Wildman–Crippen MR) is 65.1 cm³/mol. The molecule has 0 radical (unpaired) electrons. The van der Waals surface area contributed by atoms with Crippen molar-refractivity contribution in [3.63, 3.8) is 0 Å². The average molecular weight is 211 g/mol. The summed E-state index contributed by atoms with van der Waals surface area (Å²) in [6.07, 6.45) is 0. The summed E-state index contributed by atoms with van der Waals surface area (Å²) < 4.78 is 10.2. The number of ether oxygens (including phenoxy) is 2. The molecular formula is C12H21NO2. The molecule has 0 saturated heterocycles. The van der Waals surface area contributed by atoms with Crippen molar-refractivity contribution in [1.82, 2.24) is 0 Å². The van der Waals surface area contributed by atoms with E-state index in [4.69, 9.17) is 9.47 Å². The van der Waals surface area contributed by atoms with Crippen LogP contribution in [0.2, 0.25) is 0 Å². The van der Waals surface area contributed by atoms with Gasteiger partial charge in [0.1, 0.15) is 11.5 Å². The normalized spacial score (nSPS) is 8.60. The zero-order valence-electron chi connectivity index (χ0n) is 10.3. The van der Waals surface area contributed by atoms with Crippen molar-refractivity contribution in [2.24, 2.45) is 0 Å². The molecule has 1 rings (SSSR count). The summed E-state index contributed by atoms with van der Waals surface area (Å²) in [4.78, 5) is 0. The van der Waals surface area contributed by atoms with E-state index in [2.05, 4.69) is 5.32 Å². The average Bonchev–Trinajstić information content (AvgIpc) is 2.31. The molecule has 86 valence electrons. The fraction of sp³-hybridized carbons (Fsp3) is 0.500. The van der Waals surface area contributed by atoms with Crippen molar-refractivity contribution >= 4 is 5.69 Å². The van der Waals surface area contributed by atoms with Crippen molar-refractivity contribution < 1.29 is 9.47 Å². The van der Waals surface area contributed by atoms with E-state index >= 15 is 0 Å². The van der Waals surface area contributed by atoms with Gasteiger partial charge in [0.25, 0.3) is 0 Å². The van der Waals surface area contributed by atoms with Crippen LogP contribution in [0.5, 0.6) is 11.5 Å². The van der Waals surface area contributed by atoms with Crippen molar-refractivity contribution in [3.8, 4) is 11.5 Å². The molecule has 0 bridgehead atoms. The highest BCUT2D eigenvalue weighted by Gasteiger charge is 1.99. The van der Waals surface area contributed by atoms with Gasteiger partial charge in [0.05, 0.1) is 14.2 Å². The highest BCUT2D eigenvalue weighted by atomic mass is 16.5. The van der Waals surface area contributed by atoms with E-state index in [1.807, 2.05) is 39.0 Å². The van der Waals surface area contributed by atoms with Crippen LogP contribution in [0.3, 0.4) is 0 Å². The van der Waals surface area contributed by atoms with Gasteiger partial charge in [-0.3, -0.25) is 0 Å². The fourth-order valence-electron chi connectivity index (χ4n) is 1.11. The summed E-state index contributed by atoms with van der Waals surface area (Å²) in [5, 5.41) is 3.20. The van der Waals surface area contributed by atoms with Crippen molar-refractivity contribution in [2.45, 2.75) is 20.8 Å². The molecule has 0 fully saturated rings. The summed E-state index contributed by atoms with van der Waals surface area (Å²) in [6.45, 7) is 6.93. The maximum Gasteiger partial charge on any atom is 0.124 e. The standard InChI is InChI=1S/C10H15NO2.C2H6/c1-4-11-8-5-9(12-2)7-10(6-8)13-3;1-2/h5-7,11H,4H2,1-3H3;1-2H3. The number of anilines is 1. The van der Waals surface area contributed by atoms with Crippen LogP contribution >= 0.6 is 0 Å². The Morgan fingerprint density at radius 2 is 1.47 bits per heavy atom. The maximum absolute atomic E-state index is 5.12. The Morgan fingerprint density at radius 3 is 1.80 bits per heavy atom. The van der Waals surface area contributed by atoms with E-state index in [0.717, 1.165) is 23.7 Å². The van der Waals surface area contributed by atoms with Gasteiger partial charge >= 0.3 is 0 Å². The summed E-state index contributed by atoms with van der Waals surface area (Å²) in [7, 11) is 3.29. The summed E-state index contributed by atoms with van der Waals surface area (Å²) in [6, 6.07) is 5.72. The van der Waals surface area contributed by atoms with Crippen molar-refractivity contribution in [1.29, 1.82) is 0 Å². The molecular weight excluding hydrogens is 190 g/mol. The second-order valence-electron chi connectivity index (χ2n) is 2.63. The fourth-order valence-corrected chi connectivity index (χ4v) is 1.11. The van der Waals surface area contributed by atoms with Crippen LogP contribution in [0.4, 0.5) is 5.69 Å². The van der Waals surface area contributed by atoms with Crippen LogP contribution in [0.25, 0.3) is 0 Å². The lowest BCUT2D eigenvalue weighted by molar-refractivity contribution is 0.394. The molecule has 15 heavy (non-hydrogen) atoms. The van der Waals surface area contributed by atoms with Crippen LogP contribution in [0, 0.1) is 0 Å². The number of hydrogen-bond donors (Lipinski definition) is 1. The Balaban J connectivity index is 0.000000921. The van der Waals surface area contributed by atoms with Gasteiger partial charge in [-0.1, -0.05) is 13.8 Å². The maximum atomic E-state index is 5.12. The first-order valence-corrected chi connectivity index (χ1v) is 5.27. The number of benzene rings is 1. The van der Waals surface area contributed by atoms with E-state index in [-0.39, 0.29) is 0 Å². The first-order valence-electron chi connectivity index (χ1n) is 5.27. The first-order chi connectivity index (χ1) is 7.30.